The van der Waals surface area contributed by atoms with Crippen molar-refractivity contribution in [3.05, 3.63) is 81.1 Å². The number of nitrogens with zero attached hydrogens (tertiary/aromatic N) is 4. The molecule has 1 fully saturated rings. The molecule has 4 aromatic rings. The minimum absolute atomic E-state index is 0.0962. The molecule has 10 nitrogen and oxygen atoms in total. The van der Waals surface area contributed by atoms with Crippen LogP contribution in [-0.2, 0) is 4.74 Å². The third-order valence-corrected chi connectivity index (χ3v) is 6.27. The number of hydrogen-bond donors (Lipinski definition) is 0. The van der Waals surface area contributed by atoms with E-state index >= 15 is 0 Å². The van der Waals surface area contributed by atoms with Crippen LogP contribution in [0.4, 0.5) is 11.4 Å². The normalized spacial score (nSPS) is 13.5. The second-order valence-electron chi connectivity index (χ2n) is 8.47. The Balaban J connectivity index is 1.78. The summed E-state index contributed by atoms with van der Waals surface area (Å²) in [5.41, 5.74) is 1.31. The van der Waals surface area contributed by atoms with E-state index in [1.165, 1.54) is 6.07 Å². The Labute approximate surface area is 212 Å². The highest BCUT2D eigenvalue weighted by molar-refractivity contribution is 5.94. The number of anilines is 1. The zero-order chi connectivity index (χ0) is 25.9. The van der Waals surface area contributed by atoms with Crippen molar-refractivity contribution in [3.63, 3.8) is 0 Å². The first-order chi connectivity index (χ1) is 18.0. The number of aromatic nitrogens is 2. The SMILES string of the molecule is CCOc1cc(OC)cc(-c2nn(-c3cc(N4CCOCC4)ccc3[N+](=O)[O-])c(=O)c3ccccc23)c1. The van der Waals surface area contributed by atoms with E-state index in [9.17, 15) is 14.9 Å². The van der Waals surface area contributed by atoms with Gasteiger partial charge < -0.3 is 19.1 Å². The van der Waals surface area contributed by atoms with Crippen LogP contribution in [-0.4, -0.2) is 54.7 Å². The number of fused-ring (bicyclic) bond motifs is 1. The summed E-state index contributed by atoms with van der Waals surface area (Å²) in [5, 5.41) is 17.7. The van der Waals surface area contributed by atoms with E-state index in [0.717, 1.165) is 10.4 Å². The predicted octanol–water partition coefficient (Wildman–Crippen LogP) is 4.20. The second kappa shape index (κ2) is 10.3. The molecular formula is C27H26N4O6. The molecular weight excluding hydrogens is 476 g/mol. The van der Waals surface area contributed by atoms with Gasteiger partial charge in [0.2, 0.25) is 0 Å². The van der Waals surface area contributed by atoms with Crippen LogP contribution in [0, 0.1) is 10.1 Å². The average molecular weight is 503 g/mol. The molecule has 3 aromatic carbocycles. The Kier molecular flexibility index (Phi) is 6.74. The number of nitro groups is 1. The summed E-state index contributed by atoms with van der Waals surface area (Å²) in [6.45, 7) is 4.75. The van der Waals surface area contributed by atoms with Crippen LogP contribution in [0.15, 0.2) is 65.5 Å². The molecule has 0 unspecified atom stereocenters. The molecule has 0 saturated carbocycles. The van der Waals surface area contributed by atoms with Crippen LogP contribution in [0.3, 0.4) is 0 Å². The summed E-state index contributed by atoms with van der Waals surface area (Å²) >= 11 is 0. The fraction of sp³-hybridized carbons (Fsp3) is 0.259. The molecule has 0 N–H and O–H groups in total. The van der Waals surface area contributed by atoms with Crippen molar-refractivity contribution in [3.8, 4) is 28.4 Å². The van der Waals surface area contributed by atoms with Gasteiger partial charge in [-0.2, -0.15) is 9.78 Å². The topological polar surface area (TPSA) is 109 Å². The van der Waals surface area contributed by atoms with Crippen molar-refractivity contribution in [2.45, 2.75) is 6.92 Å². The lowest BCUT2D eigenvalue weighted by molar-refractivity contribution is -0.384. The zero-order valence-corrected chi connectivity index (χ0v) is 20.5. The standard InChI is InChI=1S/C27H26N4O6/c1-3-37-21-15-18(14-20(17-21)35-2)26-22-6-4-5-7-23(22)27(32)30(28-26)25-16-19(8-9-24(25)31(33)34)29-10-12-36-13-11-29/h4-9,14-17H,3,10-13H2,1-2H3. The summed E-state index contributed by atoms with van der Waals surface area (Å²) < 4.78 is 17.7. The van der Waals surface area contributed by atoms with Gasteiger partial charge in [0.25, 0.3) is 11.2 Å². The first-order valence-electron chi connectivity index (χ1n) is 12.0. The van der Waals surface area contributed by atoms with Crippen LogP contribution >= 0.6 is 0 Å². The van der Waals surface area contributed by atoms with Crippen LogP contribution in [0.5, 0.6) is 11.5 Å². The van der Waals surface area contributed by atoms with E-state index in [2.05, 4.69) is 4.90 Å². The van der Waals surface area contributed by atoms with Gasteiger partial charge in [-0.3, -0.25) is 14.9 Å². The molecule has 0 spiro atoms. The maximum atomic E-state index is 13.7. The lowest BCUT2D eigenvalue weighted by Crippen LogP contribution is -2.36. The maximum Gasteiger partial charge on any atom is 0.295 e. The van der Waals surface area contributed by atoms with Crippen molar-refractivity contribution < 1.29 is 19.1 Å². The number of rotatable bonds is 7. The van der Waals surface area contributed by atoms with Crippen LogP contribution in [0.2, 0.25) is 0 Å². The van der Waals surface area contributed by atoms with Crippen molar-refractivity contribution in [2.75, 3.05) is 44.9 Å². The van der Waals surface area contributed by atoms with E-state index in [4.69, 9.17) is 19.3 Å². The molecule has 0 amide bonds. The summed E-state index contributed by atoms with van der Waals surface area (Å²) in [5.74, 6) is 1.14. The van der Waals surface area contributed by atoms with Gasteiger partial charge in [-0.15, -0.1) is 0 Å². The minimum Gasteiger partial charge on any atom is -0.497 e. The number of ether oxygens (including phenoxy) is 3. The molecule has 2 heterocycles. The first kappa shape index (κ1) is 24.3. The molecule has 1 saturated heterocycles. The van der Waals surface area contributed by atoms with E-state index < -0.39 is 10.5 Å². The molecule has 10 heteroatoms. The van der Waals surface area contributed by atoms with Crippen LogP contribution in [0.25, 0.3) is 27.7 Å². The molecule has 0 atom stereocenters. The predicted molar refractivity (Wildman–Crippen MR) is 140 cm³/mol. The fourth-order valence-electron chi connectivity index (χ4n) is 4.50. The molecule has 190 valence electrons. The summed E-state index contributed by atoms with van der Waals surface area (Å²) in [4.78, 5) is 27.2. The summed E-state index contributed by atoms with van der Waals surface area (Å²) in [6.07, 6.45) is 0. The number of nitro benzene ring substituents is 1. The van der Waals surface area contributed by atoms with Gasteiger partial charge in [-0.05, 0) is 37.3 Å². The molecule has 37 heavy (non-hydrogen) atoms. The Bertz CT molecular complexity index is 1530. The Morgan fingerprint density at radius 2 is 1.76 bits per heavy atom. The highest BCUT2D eigenvalue weighted by atomic mass is 16.6. The number of benzene rings is 3. The van der Waals surface area contributed by atoms with E-state index in [1.54, 1.807) is 43.5 Å². The molecule has 5 rings (SSSR count). The summed E-state index contributed by atoms with van der Waals surface area (Å²) in [7, 11) is 1.56. The van der Waals surface area contributed by atoms with E-state index in [0.29, 0.717) is 66.4 Å². The Morgan fingerprint density at radius 1 is 1.03 bits per heavy atom. The number of hydrogen-bond acceptors (Lipinski definition) is 8. The molecule has 0 radical (unpaired) electrons. The molecule has 0 aliphatic carbocycles. The third-order valence-electron chi connectivity index (χ3n) is 6.27. The van der Waals surface area contributed by atoms with Gasteiger partial charge in [0.05, 0.1) is 42.9 Å². The third kappa shape index (κ3) is 4.70. The smallest absolute Gasteiger partial charge is 0.295 e. The van der Waals surface area contributed by atoms with Gasteiger partial charge >= 0.3 is 0 Å². The van der Waals surface area contributed by atoms with Crippen molar-refractivity contribution >= 4 is 22.1 Å². The van der Waals surface area contributed by atoms with Crippen molar-refractivity contribution in [1.82, 2.24) is 9.78 Å². The first-order valence-corrected chi connectivity index (χ1v) is 12.0. The molecule has 1 aliphatic rings. The molecule has 0 bridgehead atoms. The van der Waals surface area contributed by atoms with E-state index in [-0.39, 0.29) is 11.4 Å². The fourth-order valence-corrected chi connectivity index (χ4v) is 4.50. The largest absolute Gasteiger partial charge is 0.497 e. The lowest BCUT2D eigenvalue weighted by Gasteiger charge is -2.29. The summed E-state index contributed by atoms with van der Waals surface area (Å²) in [6, 6.07) is 17.2. The number of morpholine rings is 1. The maximum absolute atomic E-state index is 13.7. The van der Waals surface area contributed by atoms with Gasteiger partial charge in [0.15, 0.2) is 0 Å². The van der Waals surface area contributed by atoms with Gasteiger partial charge in [-0.25, -0.2) is 0 Å². The van der Waals surface area contributed by atoms with Gasteiger partial charge in [0.1, 0.15) is 17.2 Å². The highest BCUT2D eigenvalue weighted by Crippen LogP contribution is 2.34. The molecule has 1 aromatic heterocycles. The Hall–Kier alpha value is -4.44. The molecule has 1 aliphatic heterocycles. The highest BCUT2D eigenvalue weighted by Gasteiger charge is 2.23. The zero-order valence-electron chi connectivity index (χ0n) is 20.5. The van der Waals surface area contributed by atoms with Crippen molar-refractivity contribution in [2.24, 2.45) is 0 Å². The average Bonchev–Trinajstić information content (AvgIpc) is 2.93. The van der Waals surface area contributed by atoms with E-state index in [1.807, 2.05) is 25.1 Å². The van der Waals surface area contributed by atoms with Gasteiger partial charge in [-0.1, -0.05) is 18.2 Å². The number of methoxy groups -OCH3 is 1. The van der Waals surface area contributed by atoms with Crippen LogP contribution in [0.1, 0.15) is 6.92 Å². The van der Waals surface area contributed by atoms with Crippen molar-refractivity contribution in [1.29, 1.82) is 0 Å². The second-order valence-corrected chi connectivity index (χ2v) is 8.47. The van der Waals surface area contributed by atoms with Crippen LogP contribution < -0.4 is 19.9 Å². The Morgan fingerprint density at radius 3 is 2.46 bits per heavy atom. The minimum atomic E-state index is -0.500. The quantitative estimate of drug-likeness (QED) is 0.273. The lowest BCUT2D eigenvalue weighted by atomic mass is 10.0. The van der Waals surface area contributed by atoms with Gasteiger partial charge in [0, 0.05) is 41.9 Å². The monoisotopic (exact) mass is 502 g/mol.